The zero-order valence-electron chi connectivity index (χ0n) is 11.2. The summed E-state index contributed by atoms with van der Waals surface area (Å²) in [7, 11) is 1.56. The van der Waals surface area contributed by atoms with E-state index in [0.717, 1.165) is 32.6 Å². The van der Waals surface area contributed by atoms with E-state index in [-0.39, 0.29) is 5.91 Å². The first-order chi connectivity index (χ1) is 9.28. The fourth-order valence-corrected chi connectivity index (χ4v) is 2.04. The van der Waals surface area contributed by atoms with E-state index in [9.17, 15) is 4.79 Å². The van der Waals surface area contributed by atoms with Crippen molar-refractivity contribution in [3.8, 4) is 5.88 Å². The molecule has 1 aromatic rings. The molecule has 0 aliphatic carbocycles. The van der Waals surface area contributed by atoms with Crippen LogP contribution in [0.4, 0.5) is 5.69 Å². The molecule has 1 fully saturated rings. The van der Waals surface area contributed by atoms with Crippen molar-refractivity contribution in [3.63, 3.8) is 0 Å². The fraction of sp³-hybridized carbons (Fsp3) is 0.538. The van der Waals surface area contributed by atoms with E-state index in [0.29, 0.717) is 18.1 Å². The Morgan fingerprint density at radius 2 is 2.37 bits per heavy atom. The molecule has 2 N–H and O–H groups in total. The second-order valence-electron chi connectivity index (χ2n) is 4.52. The quantitative estimate of drug-likeness (QED) is 0.820. The molecular formula is C13H20N4O2. The summed E-state index contributed by atoms with van der Waals surface area (Å²) in [4.78, 5) is 18.1. The maximum Gasteiger partial charge on any atom is 0.238 e. The summed E-state index contributed by atoms with van der Waals surface area (Å²) in [6.45, 7) is 4.27. The molecule has 1 aliphatic heterocycles. The summed E-state index contributed by atoms with van der Waals surface area (Å²) in [5, 5.41) is 6.16. The maximum atomic E-state index is 11.9. The van der Waals surface area contributed by atoms with Crippen LogP contribution in [0.3, 0.4) is 0 Å². The van der Waals surface area contributed by atoms with Crippen LogP contribution in [0, 0.1) is 0 Å². The number of carbonyl (C=O) groups excluding carboxylic acids is 1. The van der Waals surface area contributed by atoms with Crippen LogP contribution in [0.1, 0.15) is 6.42 Å². The number of pyridine rings is 1. The predicted molar refractivity (Wildman–Crippen MR) is 73.3 cm³/mol. The van der Waals surface area contributed by atoms with E-state index in [4.69, 9.17) is 4.74 Å². The van der Waals surface area contributed by atoms with Gasteiger partial charge in [-0.1, -0.05) is 0 Å². The smallest absolute Gasteiger partial charge is 0.238 e. The van der Waals surface area contributed by atoms with Crippen molar-refractivity contribution >= 4 is 11.6 Å². The largest absolute Gasteiger partial charge is 0.481 e. The van der Waals surface area contributed by atoms with Crippen LogP contribution in [0.2, 0.25) is 0 Å². The van der Waals surface area contributed by atoms with Crippen LogP contribution in [0.25, 0.3) is 0 Å². The molecule has 0 aromatic carbocycles. The van der Waals surface area contributed by atoms with E-state index in [1.165, 1.54) is 0 Å². The van der Waals surface area contributed by atoms with E-state index in [2.05, 4.69) is 20.5 Å². The normalized spacial score (nSPS) is 16.7. The summed E-state index contributed by atoms with van der Waals surface area (Å²) >= 11 is 0. The Bertz CT molecular complexity index is 400. The molecule has 6 heteroatoms. The zero-order valence-corrected chi connectivity index (χ0v) is 11.2. The van der Waals surface area contributed by atoms with Gasteiger partial charge in [0.25, 0.3) is 0 Å². The van der Waals surface area contributed by atoms with Crippen LogP contribution in [-0.2, 0) is 4.79 Å². The second kappa shape index (κ2) is 7.06. The fourth-order valence-electron chi connectivity index (χ4n) is 2.04. The lowest BCUT2D eigenvalue weighted by Crippen LogP contribution is -2.35. The first-order valence-corrected chi connectivity index (χ1v) is 6.51. The Morgan fingerprint density at radius 1 is 1.47 bits per heavy atom. The summed E-state index contributed by atoms with van der Waals surface area (Å²) in [5.74, 6) is 0.533. The van der Waals surface area contributed by atoms with Gasteiger partial charge in [-0.2, -0.15) is 0 Å². The summed E-state index contributed by atoms with van der Waals surface area (Å²) in [6, 6.07) is 3.51. The second-order valence-corrected chi connectivity index (χ2v) is 4.52. The third-order valence-electron chi connectivity index (χ3n) is 3.03. The number of anilines is 1. The highest BCUT2D eigenvalue weighted by molar-refractivity contribution is 5.92. The van der Waals surface area contributed by atoms with Gasteiger partial charge in [-0.3, -0.25) is 9.69 Å². The third kappa shape index (κ3) is 4.50. The number of nitrogens with one attached hydrogen (secondary N) is 2. The number of hydrogen-bond donors (Lipinski definition) is 2. The molecule has 0 atom stereocenters. The minimum absolute atomic E-state index is 0.00568. The van der Waals surface area contributed by atoms with E-state index in [1.54, 1.807) is 25.4 Å². The number of nitrogens with zero attached hydrogens (tertiary/aromatic N) is 2. The van der Waals surface area contributed by atoms with Crippen molar-refractivity contribution in [1.82, 2.24) is 15.2 Å². The van der Waals surface area contributed by atoms with Gasteiger partial charge in [-0.15, -0.1) is 0 Å². The predicted octanol–water partition coefficient (Wildman–Crippen LogP) is 0.324. The van der Waals surface area contributed by atoms with Crippen LogP contribution in [-0.4, -0.2) is 55.6 Å². The van der Waals surface area contributed by atoms with Gasteiger partial charge in [0.1, 0.15) is 0 Å². The highest BCUT2D eigenvalue weighted by Crippen LogP contribution is 2.10. The van der Waals surface area contributed by atoms with Crippen LogP contribution >= 0.6 is 0 Å². The van der Waals surface area contributed by atoms with Crippen molar-refractivity contribution in [2.24, 2.45) is 0 Å². The average molecular weight is 264 g/mol. The number of ether oxygens (including phenoxy) is 1. The SMILES string of the molecule is COc1ccc(NC(=O)CN2CCCNCC2)cn1. The van der Waals surface area contributed by atoms with Gasteiger partial charge in [-0.05, 0) is 25.6 Å². The molecule has 0 spiro atoms. The molecule has 0 unspecified atom stereocenters. The molecule has 0 saturated carbocycles. The molecule has 104 valence electrons. The number of amides is 1. The van der Waals surface area contributed by atoms with Crippen LogP contribution in [0.5, 0.6) is 5.88 Å². The Morgan fingerprint density at radius 3 is 3.11 bits per heavy atom. The molecule has 0 radical (unpaired) electrons. The number of rotatable bonds is 4. The van der Waals surface area contributed by atoms with Crippen molar-refractivity contribution in [3.05, 3.63) is 18.3 Å². The first kappa shape index (κ1) is 13.8. The van der Waals surface area contributed by atoms with Crippen molar-refractivity contribution < 1.29 is 9.53 Å². The van der Waals surface area contributed by atoms with Gasteiger partial charge >= 0.3 is 0 Å². The Balaban J connectivity index is 1.82. The number of aromatic nitrogens is 1. The molecular weight excluding hydrogens is 244 g/mol. The highest BCUT2D eigenvalue weighted by atomic mass is 16.5. The minimum Gasteiger partial charge on any atom is -0.481 e. The maximum absolute atomic E-state index is 11.9. The van der Waals surface area contributed by atoms with E-state index >= 15 is 0 Å². The van der Waals surface area contributed by atoms with Gasteiger partial charge in [0.15, 0.2) is 0 Å². The first-order valence-electron chi connectivity index (χ1n) is 6.51. The Hall–Kier alpha value is -1.66. The summed E-state index contributed by atoms with van der Waals surface area (Å²) in [6.07, 6.45) is 2.68. The van der Waals surface area contributed by atoms with Gasteiger partial charge in [0.05, 0.1) is 25.5 Å². The number of hydrogen-bond acceptors (Lipinski definition) is 5. The van der Waals surface area contributed by atoms with Gasteiger partial charge in [-0.25, -0.2) is 4.98 Å². The molecule has 2 heterocycles. The average Bonchev–Trinajstić information content (AvgIpc) is 2.68. The molecule has 1 amide bonds. The molecule has 2 rings (SSSR count). The number of methoxy groups -OCH3 is 1. The van der Waals surface area contributed by atoms with Crippen molar-refractivity contribution in [2.75, 3.05) is 45.2 Å². The minimum atomic E-state index is -0.00568. The summed E-state index contributed by atoms with van der Waals surface area (Å²) < 4.78 is 4.97. The Kier molecular flexibility index (Phi) is 5.11. The molecule has 1 saturated heterocycles. The molecule has 0 bridgehead atoms. The van der Waals surface area contributed by atoms with E-state index < -0.39 is 0 Å². The van der Waals surface area contributed by atoms with Gasteiger partial charge in [0.2, 0.25) is 11.8 Å². The lowest BCUT2D eigenvalue weighted by atomic mass is 10.3. The number of carbonyl (C=O) groups is 1. The van der Waals surface area contributed by atoms with Crippen molar-refractivity contribution in [2.45, 2.75) is 6.42 Å². The van der Waals surface area contributed by atoms with Crippen LogP contribution < -0.4 is 15.4 Å². The monoisotopic (exact) mass is 264 g/mol. The molecule has 1 aliphatic rings. The lowest BCUT2D eigenvalue weighted by molar-refractivity contribution is -0.117. The Labute approximate surface area is 113 Å². The molecule has 19 heavy (non-hydrogen) atoms. The molecule has 1 aromatic heterocycles. The standard InChI is InChI=1S/C13H20N4O2/c1-19-13-4-3-11(9-15-13)16-12(18)10-17-7-2-5-14-6-8-17/h3-4,9,14H,2,5-8,10H2,1H3,(H,16,18). The van der Waals surface area contributed by atoms with Gasteiger partial charge < -0.3 is 15.4 Å². The van der Waals surface area contributed by atoms with E-state index in [1.807, 2.05) is 0 Å². The van der Waals surface area contributed by atoms with Crippen molar-refractivity contribution in [1.29, 1.82) is 0 Å². The van der Waals surface area contributed by atoms with Crippen LogP contribution in [0.15, 0.2) is 18.3 Å². The topological polar surface area (TPSA) is 66.5 Å². The zero-order chi connectivity index (χ0) is 13.5. The highest BCUT2D eigenvalue weighted by Gasteiger charge is 2.12. The van der Waals surface area contributed by atoms with Gasteiger partial charge in [0, 0.05) is 19.2 Å². The third-order valence-corrected chi connectivity index (χ3v) is 3.03. The lowest BCUT2D eigenvalue weighted by Gasteiger charge is -2.18. The molecule has 6 nitrogen and oxygen atoms in total. The summed E-state index contributed by atoms with van der Waals surface area (Å²) in [5.41, 5.74) is 0.693.